The molecule has 0 N–H and O–H groups in total. The first kappa shape index (κ1) is 23.6. The molecule has 0 amide bonds. The summed E-state index contributed by atoms with van der Waals surface area (Å²) in [7, 11) is 2.21. The second kappa shape index (κ2) is 8.70. The van der Waals surface area contributed by atoms with Gasteiger partial charge in [0.1, 0.15) is 24.3 Å². The number of para-hydroxylation sites is 5. The minimum absolute atomic E-state index is 0.00247. The first-order valence-electron chi connectivity index (χ1n) is 14.6. The lowest BCUT2D eigenvalue weighted by atomic mass is 9.71. The first-order valence-corrected chi connectivity index (χ1v) is 14.6. The van der Waals surface area contributed by atoms with Gasteiger partial charge in [0.15, 0.2) is 5.82 Å². The summed E-state index contributed by atoms with van der Waals surface area (Å²) >= 11 is 0. The summed E-state index contributed by atoms with van der Waals surface area (Å²) in [5.74, 6) is 1.32. The number of aromatic nitrogens is 2. The van der Waals surface area contributed by atoms with Crippen molar-refractivity contribution in [2.24, 2.45) is 5.92 Å². The van der Waals surface area contributed by atoms with Gasteiger partial charge in [0, 0.05) is 35.8 Å². The molecule has 0 saturated heterocycles. The van der Waals surface area contributed by atoms with E-state index in [0.717, 1.165) is 29.2 Å². The maximum atomic E-state index is 4.89. The lowest BCUT2D eigenvalue weighted by molar-refractivity contribution is 0.286. The summed E-state index contributed by atoms with van der Waals surface area (Å²) in [4.78, 5) is 19.4. The van der Waals surface area contributed by atoms with Gasteiger partial charge in [0.05, 0.1) is 23.3 Å². The second-order valence-corrected chi connectivity index (χ2v) is 11.7. The predicted octanol–water partition coefficient (Wildman–Crippen LogP) is 7.84. The third-order valence-corrected chi connectivity index (χ3v) is 9.67. The number of allylic oxidation sites excluding steroid dienone is 1. The smallest absolute Gasteiger partial charge is 0.161 e. The van der Waals surface area contributed by atoms with Crippen molar-refractivity contribution in [3.05, 3.63) is 133 Å². The first-order chi connectivity index (χ1) is 20.7. The lowest BCUT2D eigenvalue weighted by Gasteiger charge is -2.53. The molecule has 6 heteroatoms. The van der Waals surface area contributed by atoms with E-state index in [1.807, 2.05) is 6.20 Å². The number of anilines is 7. The van der Waals surface area contributed by atoms with Crippen molar-refractivity contribution in [2.45, 2.75) is 24.7 Å². The van der Waals surface area contributed by atoms with E-state index in [2.05, 4.69) is 135 Å². The van der Waals surface area contributed by atoms with Crippen LogP contribution < -0.4 is 19.6 Å². The van der Waals surface area contributed by atoms with Gasteiger partial charge in [-0.1, -0.05) is 73.3 Å². The molecule has 1 aromatic heterocycles. The monoisotopic (exact) mass is 546 g/mol. The van der Waals surface area contributed by atoms with Crippen LogP contribution in [0.3, 0.4) is 0 Å². The largest absolute Gasteiger partial charge is 0.349 e. The van der Waals surface area contributed by atoms with Gasteiger partial charge in [-0.25, -0.2) is 9.97 Å². The Kier molecular flexibility index (Phi) is 4.89. The number of benzene rings is 4. The molecular weight excluding hydrogens is 516 g/mol. The van der Waals surface area contributed by atoms with Crippen LogP contribution in [0.25, 0.3) is 5.57 Å². The number of nitrogens with zero attached hydrogens (tertiary/aromatic N) is 6. The van der Waals surface area contributed by atoms with Crippen LogP contribution in [0.2, 0.25) is 0 Å². The molecule has 42 heavy (non-hydrogen) atoms. The van der Waals surface area contributed by atoms with Crippen molar-refractivity contribution < 1.29 is 0 Å². The van der Waals surface area contributed by atoms with Crippen LogP contribution in [0, 0.1) is 5.92 Å². The zero-order chi connectivity index (χ0) is 27.9. The molecule has 4 atom stereocenters. The average molecular weight is 547 g/mol. The predicted molar refractivity (Wildman–Crippen MR) is 170 cm³/mol. The standard InChI is InChI=1S/C36H30N6/c1-23-20-27-26-15-7-9-17-29(26)41-31-19-11-10-18-30(31)40(24-12-4-3-5-13-24)36(41)33(27)35-39(2)32-21-37-22-38-34(32)42(35)28-16-8-6-14-25(23)28/h3-19,21-22,27,33,35-36H,1,20H2,2H3. The van der Waals surface area contributed by atoms with Crippen molar-refractivity contribution >= 4 is 45.5 Å². The summed E-state index contributed by atoms with van der Waals surface area (Å²) < 4.78 is 0. The highest BCUT2D eigenvalue weighted by Crippen LogP contribution is 2.61. The molecule has 0 bridgehead atoms. The molecule has 4 aliphatic heterocycles. The van der Waals surface area contributed by atoms with E-state index in [9.17, 15) is 0 Å². The number of hydrogen-bond donors (Lipinski definition) is 0. The van der Waals surface area contributed by atoms with E-state index in [4.69, 9.17) is 11.6 Å². The summed E-state index contributed by atoms with van der Waals surface area (Å²) in [6, 6.07) is 37.4. The van der Waals surface area contributed by atoms with E-state index in [1.165, 1.54) is 33.9 Å². The maximum Gasteiger partial charge on any atom is 0.161 e. The minimum Gasteiger partial charge on any atom is -0.349 e. The molecule has 0 radical (unpaired) electrons. The summed E-state index contributed by atoms with van der Waals surface area (Å²) in [6.07, 6.45) is 4.54. The van der Waals surface area contributed by atoms with E-state index in [0.29, 0.717) is 0 Å². The van der Waals surface area contributed by atoms with E-state index >= 15 is 0 Å². The number of hydrogen-bond acceptors (Lipinski definition) is 6. The van der Waals surface area contributed by atoms with Crippen LogP contribution in [0.5, 0.6) is 0 Å². The van der Waals surface area contributed by atoms with Gasteiger partial charge < -0.3 is 19.6 Å². The molecule has 0 aliphatic carbocycles. The summed E-state index contributed by atoms with van der Waals surface area (Å²) in [5.41, 5.74) is 10.9. The van der Waals surface area contributed by atoms with Crippen molar-refractivity contribution in [1.82, 2.24) is 9.97 Å². The average Bonchev–Trinajstić information content (AvgIpc) is 3.53. The molecular formula is C36H30N6. The zero-order valence-corrected chi connectivity index (χ0v) is 23.4. The Labute approximate surface area is 245 Å². The fourth-order valence-corrected chi connectivity index (χ4v) is 8.05. The van der Waals surface area contributed by atoms with E-state index < -0.39 is 0 Å². The summed E-state index contributed by atoms with van der Waals surface area (Å²) in [6.45, 7) is 4.71. The fraction of sp³-hybridized carbons (Fsp3) is 0.167. The van der Waals surface area contributed by atoms with Crippen molar-refractivity contribution in [3.63, 3.8) is 0 Å². The molecule has 5 aromatic rings. The molecule has 9 rings (SSSR count). The molecule has 204 valence electrons. The quantitative estimate of drug-likeness (QED) is 0.213. The molecule has 4 unspecified atom stereocenters. The highest BCUT2D eigenvalue weighted by atomic mass is 15.5. The van der Waals surface area contributed by atoms with Gasteiger partial charge in [0.25, 0.3) is 0 Å². The normalized spacial score (nSPS) is 23.1. The third-order valence-electron chi connectivity index (χ3n) is 9.67. The van der Waals surface area contributed by atoms with Crippen LogP contribution in [0.4, 0.5) is 39.9 Å². The molecule has 0 fully saturated rings. The van der Waals surface area contributed by atoms with Crippen molar-refractivity contribution in [3.8, 4) is 0 Å². The Morgan fingerprint density at radius 3 is 2.14 bits per heavy atom. The van der Waals surface area contributed by atoms with Crippen LogP contribution in [0.1, 0.15) is 23.5 Å². The Morgan fingerprint density at radius 1 is 0.667 bits per heavy atom. The SMILES string of the molecule is C=C1CC2c3ccccc3N3c4ccccc4N(c4ccccc4)C3C2C2N(C)c3cncnc3N2c2ccccc21. The summed E-state index contributed by atoms with van der Waals surface area (Å²) in [5, 5.41) is 0. The van der Waals surface area contributed by atoms with Crippen LogP contribution in [-0.2, 0) is 0 Å². The fourth-order valence-electron chi connectivity index (χ4n) is 8.05. The van der Waals surface area contributed by atoms with E-state index in [-0.39, 0.29) is 24.2 Å². The molecule has 6 nitrogen and oxygen atoms in total. The van der Waals surface area contributed by atoms with Crippen molar-refractivity contribution in [1.29, 1.82) is 0 Å². The topological polar surface area (TPSA) is 38.7 Å². The highest BCUT2D eigenvalue weighted by molar-refractivity contribution is 5.92. The number of rotatable bonds is 1. The third kappa shape index (κ3) is 3.04. The van der Waals surface area contributed by atoms with Gasteiger partial charge in [0.2, 0.25) is 0 Å². The van der Waals surface area contributed by atoms with Gasteiger partial charge in [-0.3, -0.25) is 0 Å². The van der Waals surface area contributed by atoms with Crippen LogP contribution in [-0.4, -0.2) is 29.3 Å². The van der Waals surface area contributed by atoms with Gasteiger partial charge >= 0.3 is 0 Å². The zero-order valence-electron chi connectivity index (χ0n) is 23.4. The van der Waals surface area contributed by atoms with Gasteiger partial charge in [-0.2, -0.15) is 0 Å². The Balaban J connectivity index is 1.36. The highest BCUT2D eigenvalue weighted by Gasteiger charge is 2.57. The molecule has 5 heterocycles. The lowest BCUT2D eigenvalue weighted by Crippen LogP contribution is -2.60. The van der Waals surface area contributed by atoms with Crippen molar-refractivity contribution in [2.75, 3.05) is 26.6 Å². The molecule has 4 aliphatic rings. The Bertz CT molecular complexity index is 1870. The molecule has 0 saturated carbocycles. The van der Waals surface area contributed by atoms with Crippen LogP contribution >= 0.6 is 0 Å². The van der Waals surface area contributed by atoms with Gasteiger partial charge in [-0.15, -0.1) is 0 Å². The Hall–Kier alpha value is -5.10. The number of fused-ring (bicyclic) bond motifs is 14. The molecule has 0 spiro atoms. The van der Waals surface area contributed by atoms with Crippen LogP contribution in [0.15, 0.2) is 122 Å². The molecule has 4 aromatic carbocycles. The van der Waals surface area contributed by atoms with E-state index in [1.54, 1.807) is 6.33 Å². The maximum absolute atomic E-state index is 4.89. The van der Waals surface area contributed by atoms with Gasteiger partial charge in [-0.05, 0) is 54.0 Å². The minimum atomic E-state index is -0.00247. The second-order valence-electron chi connectivity index (χ2n) is 11.7. The Morgan fingerprint density at radius 2 is 1.33 bits per heavy atom.